The lowest BCUT2D eigenvalue weighted by Gasteiger charge is -2.49. The second-order valence-corrected chi connectivity index (χ2v) is 8.67. The number of carbonyl (C=O) groups is 1. The molecule has 26 heavy (non-hydrogen) atoms. The summed E-state index contributed by atoms with van der Waals surface area (Å²) in [6, 6.07) is 0. The van der Waals surface area contributed by atoms with Gasteiger partial charge in [-0.2, -0.15) is 0 Å². The highest BCUT2D eigenvalue weighted by Crippen LogP contribution is 2.58. The molecule has 0 amide bonds. The SMILES string of the molecule is CCCCC(=O)OC(O)[C@@]12C=CC=C1C1=CCC3CCCC[C@@H]3[C@H]1CC2. The van der Waals surface area contributed by atoms with Gasteiger partial charge in [-0.05, 0) is 67.4 Å². The zero-order valence-corrected chi connectivity index (χ0v) is 16.0. The van der Waals surface area contributed by atoms with Crippen LogP contribution in [0.2, 0.25) is 0 Å². The fourth-order valence-corrected chi connectivity index (χ4v) is 5.89. The van der Waals surface area contributed by atoms with Gasteiger partial charge < -0.3 is 9.84 Å². The molecule has 0 aromatic heterocycles. The van der Waals surface area contributed by atoms with Gasteiger partial charge in [0.25, 0.3) is 0 Å². The molecule has 2 unspecified atom stereocenters. The molecule has 4 aliphatic carbocycles. The first-order valence-corrected chi connectivity index (χ1v) is 10.6. The third-order valence-electron chi connectivity index (χ3n) is 7.28. The Balaban J connectivity index is 1.54. The van der Waals surface area contributed by atoms with E-state index in [2.05, 4.69) is 31.2 Å². The molecule has 0 aliphatic heterocycles. The molecular weight excluding hydrogens is 324 g/mol. The van der Waals surface area contributed by atoms with Gasteiger partial charge in [0, 0.05) is 6.42 Å². The maximum atomic E-state index is 12.1. The highest BCUT2D eigenvalue weighted by Gasteiger charge is 2.51. The molecule has 0 radical (unpaired) electrons. The molecule has 2 fully saturated rings. The Bertz CT molecular complexity index is 644. The molecule has 2 saturated carbocycles. The van der Waals surface area contributed by atoms with Crippen LogP contribution >= 0.6 is 0 Å². The quantitative estimate of drug-likeness (QED) is 0.553. The standard InChI is InChI=1S/C23H32O3/c1-2-3-10-21(24)26-22(25)23-14-6-9-20(23)19-12-11-16-7-4-5-8-17(16)18(19)13-15-23/h6,9,12,14,16-18,22,25H,2-5,7-8,10-11,13,15H2,1H3/t16?,17-,18+,22?,23+/m0/s1. The van der Waals surface area contributed by atoms with Crippen molar-refractivity contribution in [3.63, 3.8) is 0 Å². The lowest BCUT2D eigenvalue weighted by molar-refractivity contribution is -0.184. The summed E-state index contributed by atoms with van der Waals surface area (Å²) in [5, 5.41) is 10.9. The largest absolute Gasteiger partial charge is 0.435 e. The highest BCUT2D eigenvalue weighted by atomic mass is 16.6. The van der Waals surface area contributed by atoms with Crippen LogP contribution in [0.3, 0.4) is 0 Å². The fraction of sp³-hybridized carbons (Fsp3) is 0.696. The molecule has 0 bridgehead atoms. The number of hydrogen-bond acceptors (Lipinski definition) is 3. The van der Waals surface area contributed by atoms with E-state index < -0.39 is 11.7 Å². The van der Waals surface area contributed by atoms with Crippen LogP contribution in [0, 0.1) is 23.2 Å². The van der Waals surface area contributed by atoms with Gasteiger partial charge >= 0.3 is 5.97 Å². The lowest BCUT2D eigenvalue weighted by atomic mass is 9.56. The number of hydrogen-bond donors (Lipinski definition) is 1. The Morgan fingerprint density at radius 1 is 1.35 bits per heavy atom. The number of carbonyl (C=O) groups excluding carboxylic acids is 1. The smallest absolute Gasteiger partial charge is 0.308 e. The first-order chi connectivity index (χ1) is 12.7. The summed E-state index contributed by atoms with van der Waals surface area (Å²) < 4.78 is 5.48. The number of esters is 1. The van der Waals surface area contributed by atoms with Crippen LogP contribution in [-0.4, -0.2) is 17.4 Å². The predicted octanol–water partition coefficient (Wildman–Crippen LogP) is 5.07. The van der Waals surface area contributed by atoms with Gasteiger partial charge in [-0.1, -0.05) is 50.5 Å². The Kier molecular flexibility index (Phi) is 5.09. The summed E-state index contributed by atoms with van der Waals surface area (Å²) in [5.41, 5.74) is 2.13. The molecule has 4 aliphatic rings. The zero-order valence-electron chi connectivity index (χ0n) is 16.0. The van der Waals surface area contributed by atoms with E-state index in [1.807, 2.05) is 0 Å². The van der Waals surface area contributed by atoms with Crippen molar-refractivity contribution < 1.29 is 14.6 Å². The number of aliphatic hydroxyl groups is 1. The first kappa shape index (κ1) is 18.0. The summed E-state index contributed by atoms with van der Waals surface area (Å²) in [5.74, 6) is 2.03. The minimum atomic E-state index is -1.07. The van der Waals surface area contributed by atoms with Crippen LogP contribution in [0.25, 0.3) is 0 Å². The Hall–Kier alpha value is -1.35. The summed E-state index contributed by atoms with van der Waals surface area (Å²) in [4.78, 5) is 12.1. The second-order valence-electron chi connectivity index (χ2n) is 8.67. The average molecular weight is 357 g/mol. The highest BCUT2D eigenvalue weighted by molar-refractivity contribution is 5.69. The monoisotopic (exact) mass is 356 g/mol. The molecule has 0 spiro atoms. The van der Waals surface area contributed by atoms with Gasteiger partial charge in [-0.25, -0.2) is 0 Å². The Labute approximate surface area is 157 Å². The topological polar surface area (TPSA) is 46.5 Å². The number of unbranched alkanes of at least 4 members (excludes halogenated alkanes) is 1. The van der Waals surface area contributed by atoms with Crippen LogP contribution in [0.1, 0.15) is 71.1 Å². The van der Waals surface area contributed by atoms with E-state index in [9.17, 15) is 9.90 Å². The van der Waals surface area contributed by atoms with E-state index in [1.165, 1.54) is 43.3 Å². The van der Waals surface area contributed by atoms with Crippen LogP contribution in [-0.2, 0) is 9.53 Å². The molecule has 4 rings (SSSR count). The molecule has 3 heteroatoms. The van der Waals surface area contributed by atoms with E-state index in [0.717, 1.165) is 37.5 Å². The Morgan fingerprint density at radius 2 is 2.19 bits per heavy atom. The number of aliphatic hydroxyl groups excluding tert-OH is 1. The van der Waals surface area contributed by atoms with E-state index in [1.54, 1.807) is 0 Å². The molecule has 142 valence electrons. The third-order valence-corrected chi connectivity index (χ3v) is 7.28. The van der Waals surface area contributed by atoms with Crippen molar-refractivity contribution in [2.75, 3.05) is 0 Å². The zero-order chi connectivity index (χ0) is 18.1. The van der Waals surface area contributed by atoms with Crippen molar-refractivity contribution in [1.82, 2.24) is 0 Å². The van der Waals surface area contributed by atoms with Crippen molar-refractivity contribution in [3.05, 3.63) is 35.5 Å². The van der Waals surface area contributed by atoms with Gasteiger partial charge in [-0.15, -0.1) is 0 Å². The molecule has 0 saturated heterocycles. The summed E-state index contributed by atoms with van der Waals surface area (Å²) in [6.07, 6.45) is 18.5. The Morgan fingerprint density at radius 3 is 3.04 bits per heavy atom. The normalized spacial score (nSPS) is 36.3. The molecule has 5 atom stereocenters. The predicted molar refractivity (Wildman–Crippen MR) is 102 cm³/mol. The number of allylic oxidation sites excluding steroid dienone is 4. The second kappa shape index (κ2) is 7.34. The van der Waals surface area contributed by atoms with Crippen LogP contribution in [0.15, 0.2) is 35.5 Å². The minimum absolute atomic E-state index is 0.277. The number of rotatable bonds is 5. The molecule has 0 aromatic rings. The average Bonchev–Trinajstić information content (AvgIpc) is 3.11. The minimum Gasteiger partial charge on any atom is -0.435 e. The van der Waals surface area contributed by atoms with E-state index in [4.69, 9.17) is 4.74 Å². The van der Waals surface area contributed by atoms with Crippen LogP contribution < -0.4 is 0 Å². The van der Waals surface area contributed by atoms with Crippen molar-refractivity contribution in [1.29, 1.82) is 0 Å². The van der Waals surface area contributed by atoms with E-state index in [-0.39, 0.29) is 5.97 Å². The molecule has 1 N–H and O–H groups in total. The van der Waals surface area contributed by atoms with Crippen LogP contribution in [0.4, 0.5) is 0 Å². The van der Waals surface area contributed by atoms with Crippen molar-refractivity contribution in [2.45, 2.75) is 77.4 Å². The fourth-order valence-electron chi connectivity index (χ4n) is 5.89. The molecular formula is C23H32O3. The first-order valence-electron chi connectivity index (χ1n) is 10.6. The van der Waals surface area contributed by atoms with Gasteiger partial charge in [-0.3, -0.25) is 4.79 Å². The maximum absolute atomic E-state index is 12.1. The van der Waals surface area contributed by atoms with Crippen molar-refractivity contribution >= 4 is 5.97 Å². The number of fused-ring (bicyclic) bond motifs is 5. The van der Waals surface area contributed by atoms with Gasteiger partial charge in [0.05, 0.1) is 5.41 Å². The van der Waals surface area contributed by atoms with Gasteiger partial charge in [0.2, 0.25) is 6.29 Å². The molecule has 0 heterocycles. The van der Waals surface area contributed by atoms with Gasteiger partial charge in [0.1, 0.15) is 0 Å². The number of ether oxygens (including phenoxy) is 1. The summed E-state index contributed by atoms with van der Waals surface area (Å²) in [7, 11) is 0. The summed E-state index contributed by atoms with van der Waals surface area (Å²) >= 11 is 0. The van der Waals surface area contributed by atoms with E-state index >= 15 is 0 Å². The van der Waals surface area contributed by atoms with Crippen molar-refractivity contribution in [2.24, 2.45) is 23.2 Å². The van der Waals surface area contributed by atoms with E-state index in [0.29, 0.717) is 12.3 Å². The van der Waals surface area contributed by atoms with Crippen LogP contribution in [0.5, 0.6) is 0 Å². The van der Waals surface area contributed by atoms with Crippen molar-refractivity contribution in [3.8, 4) is 0 Å². The third kappa shape index (κ3) is 2.98. The summed E-state index contributed by atoms with van der Waals surface area (Å²) in [6.45, 7) is 2.05. The van der Waals surface area contributed by atoms with Gasteiger partial charge in [0.15, 0.2) is 0 Å². The molecule has 0 aromatic carbocycles. The lowest BCUT2D eigenvalue weighted by Crippen LogP contribution is -2.45. The molecule has 3 nitrogen and oxygen atoms in total. The maximum Gasteiger partial charge on any atom is 0.308 e.